The average Bonchev–Trinajstić information content (AvgIpc) is 2.78. The predicted octanol–water partition coefficient (Wildman–Crippen LogP) is 2.75. The standard InChI is InChI=1S/C21H32FN3O2/c1-5-24(6-2)21(27)15-23-12-11-20(26)25(19(14-23)16(3)4)13-17-7-9-18(22)10-8-17/h7-10,16,19H,5-6,11-15H2,1-4H3/t19-/m1/s1. The number of rotatable bonds is 7. The van der Waals surface area contributed by atoms with E-state index >= 15 is 0 Å². The Morgan fingerprint density at radius 2 is 1.85 bits per heavy atom. The fourth-order valence-corrected chi connectivity index (χ4v) is 3.61. The molecule has 27 heavy (non-hydrogen) atoms. The molecule has 0 aliphatic carbocycles. The Kier molecular flexibility index (Phi) is 7.78. The first kappa shape index (κ1) is 21.4. The maximum Gasteiger partial charge on any atom is 0.236 e. The lowest BCUT2D eigenvalue weighted by atomic mass is 10.0. The molecule has 1 aromatic carbocycles. The van der Waals surface area contributed by atoms with Crippen molar-refractivity contribution in [2.45, 2.75) is 46.7 Å². The minimum Gasteiger partial charge on any atom is -0.342 e. The summed E-state index contributed by atoms with van der Waals surface area (Å²) in [6.07, 6.45) is 0.399. The summed E-state index contributed by atoms with van der Waals surface area (Å²) in [7, 11) is 0. The van der Waals surface area contributed by atoms with Gasteiger partial charge in [-0.1, -0.05) is 26.0 Å². The van der Waals surface area contributed by atoms with Crippen molar-refractivity contribution in [1.29, 1.82) is 0 Å². The van der Waals surface area contributed by atoms with Crippen LogP contribution >= 0.6 is 0 Å². The molecule has 5 nitrogen and oxygen atoms in total. The second-order valence-electron chi connectivity index (χ2n) is 7.51. The average molecular weight is 378 g/mol. The highest BCUT2D eigenvalue weighted by Gasteiger charge is 2.32. The molecular formula is C21H32FN3O2. The van der Waals surface area contributed by atoms with Gasteiger partial charge in [0.25, 0.3) is 0 Å². The van der Waals surface area contributed by atoms with Crippen molar-refractivity contribution in [2.24, 2.45) is 5.92 Å². The maximum atomic E-state index is 13.2. The minimum absolute atomic E-state index is 0.0227. The van der Waals surface area contributed by atoms with Crippen molar-refractivity contribution in [3.05, 3.63) is 35.6 Å². The van der Waals surface area contributed by atoms with Gasteiger partial charge >= 0.3 is 0 Å². The molecule has 6 heteroatoms. The molecule has 1 saturated heterocycles. The molecule has 2 amide bonds. The van der Waals surface area contributed by atoms with E-state index in [1.807, 2.05) is 23.6 Å². The van der Waals surface area contributed by atoms with Gasteiger partial charge in [-0.25, -0.2) is 4.39 Å². The van der Waals surface area contributed by atoms with E-state index in [0.29, 0.717) is 45.7 Å². The number of carbonyl (C=O) groups excluding carboxylic acids is 2. The van der Waals surface area contributed by atoms with Crippen molar-refractivity contribution >= 4 is 11.8 Å². The quantitative estimate of drug-likeness (QED) is 0.734. The molecular weight excluding hydrogens is 345 g/mol. The number of halogens is 1. The van der Waals surface area contributed by atoms with E-state index in [1.165, 1.54) is 12.1 Å². The first-order chi connectivity index (χ1) is 12.8. The van der Waals surface area contributed by atoms with E-state index in [-0.39, 0.29) is 29.6 Å². The molecule has 1 fully saturated rings. The lowest BCUT2D eigenvalue weighted by molar-refractivity contribution is -0.134. The zero-order valence-corrected chi connectivity index (χ0v) is 16.9. The first-order valence-corrected chi connectivity index (χ1v) is 9.89. The van der Waals surface area contributed by atoms with Crippen molar-refractivity contribution in [2.75, 3.05) is 32.7 Å². The molecule has 0 N–H and O–H groups in total. The molecule has 1 atom stereocenters. The highest BCUT2D eigenvalue weighted by Crippen LogP contribution is 2.21. The zero-order valence-electron chi connectivity index (χ0n) is 16.9. The van der Waals surface area contributed by atoms with E-state index in [4.69, 9.17) is 0 Å². The summed E-state index contributed by atoms with van der Waals surface area (Å²) in [6.45, 7) is 11.7. The molecule has 0 radical (unpaired) electrons. The first-order valence-electron chi connectivity index (χ1n) is 9.89. The largest absolute Gasteiger partial charge is 0.342 e. The van der Waals surface area contributed by atoms with Crippen LogP contribution in [0.1, 0.15) is 39.7 Å². The summed E-state index contributed by atoms with van der Waals surface area (Å²) in [6, 6.07) is 6.34. The molecule has 1 aliphatic heterocycles. The minimum atomic E-state index is -0.276. The van der Waals surface area contributed by atoms with E-state index < -0.39 is 0 Å². The van der Waals surface area contributed by atoms with Crippen molar-refractivity contribution < 1.29 is 14.0 Å². The molecule has 1 aromatic rings. The fraction of sp³-hybridized carbons (Fsp3) is 0.619. The highest BCUT2D eigenvalue weighted by atomic mass is 19.1. The summed E-state index contributed by atoms with van der Waals surface area (Å²) >= 11 is 0. The lowest BCUT2D eigenvalue weighted by Crippen LogP contribution is -2.48. The van der Waals surface area contributed by atoms with Crippen LogP contribution in [0.3, 0.4) is 0 Å². The topological polar surface area (TPSA) is 43.9 Å². The van der Waals surface area contributed by atoms with Crippen LogP contribution in [0.5, 0.6) is 0 Å². The number of hydrogen-bond acceptors (Lipinski definition) is 3. The SMILES string of the molecule is CCN(CC)C(=O)CN1CCC(=O)N(Cc2ccc(F)cc2)[C@@H](C(C)C)C1. The van der Waals surface area contributed by atoms with Gasteiger partial charge in [0.05, 0.1) is 6.54 Å². The molecule has 0 aromatic heterocycles. The van der Waals surface area contributed by atoms with Gasteiger partial charge in [-0.3, -0.25) is 14.5 Å². The van der Waals surface area contributed by atoms with Gasteiger partial charge in [0, 0.05) is 45.2 Å². The second kappa shape index (κ2) is 9.83. The van der Waals surface area contributed by atoms with Crippen LogP contribution in [0.25, 0.3) is 0 Å². The molecule has 0 spiro atoms. The molecule has 0 unspecified atom stereocenters. The molecule has 1 aliphatic rings. The van der Waals surface area contributed by atoms with E-state index in [0.717, 1.165) is 5.56 Å². The van der Waals surface area contributed by atoms with Crippen LogP contribution < -0.4 is 0 Å². The smallest absolute Gasteiger partial charge is 0.236 e. The molecule has 150 valence electrons. The van der Waals surface area contributed by atoms with E-state index in [9.17, 15) is 14.0 Å². The lowest BCUT2D eigenvalue weighted by Gasteiger charge is -2.35. The number of nitrogens with zero attached hydrogens (tertiary/aromatic N) is 3. The summed E-state index contributed by atoms with van der Waals surface area (Å²) in [5, 5.41) is 0. The van der Waals surface area contributed by atoms with Gasteiger partial charge in [0.15, 0.2) is 0 Å². The predicted molar refractivity (Wildman–Crippen MR) is 105 cm³/mol. The van der Waals surface area contributed by atoms with Crippen molar-refractivity contribution in [3.8, 4) is 0 Å². The van der Waals surface area contributed by atoms with Crippen LogP contribution in [-0.2, 0) is 16.1 Å². The Bertz CT molecular complexity index is 629. The Labute approximate surface area is 162 Å². The Morgan fingerprint density at radius 3 is 2.41 bits per heavy atom. The fourth-order valence-electron chi connectivity index (χ4n) is 3.61. The van der Waals surface area contributed by atoms with Crippen LogP contribution in [0.4, 0.5) is 4.39 Å². The Balaban J connectivity index is 2.13. The molecule has 0 saturated carbocycles. The monoisotopic (exact) mass is 377 g/mol. The molecule has 2 rings (SSSR count). The van der Waals surface area contributed by atoms with Crippen molar-refractivity contribution in [1.82, 2.24) is 14.7 Å². The van der Waals surface area contributed by atoms with Crippen LogP contribution in [0, 0.1) is 11.7 Å². The summed E-state index contributed by atoms with van der Waals surface area (Å²) in [5.74, 6) is 0.193. The van der Waals surface area contributed by atoms with Gasteiger partial charge in [0.1, 0.15) is 5.82 Å². The van der Waals surface area contributed by atoms with Crippen LogP contribution in [-0.4, -0.2) is 65.3 Å². The Hall–Kier alpha value is -1.95. The summed E-state index contributed by atoms with van der Waals surface area (Å²) in [5.41, 5.74) is 0.920. The summed E-state index contributed by atoms with van der Waals surface area (Å²) in [4.78, 5) is 31.1. The number of benzene rings is 1. The van der Waals surface area contributed by atoms with E-state index in [2.05, 4.69) is 18.7 Å². The van der Waals surface area contributed by atoms with Gasteiger partial charge < -0.3 is 9.80 Å². The Morgan fingerprint density at radius 1 is 1.22 bits per heavy atom. The normalized spacial score (nSPS) is 18.7. The summed E-state index contributed by atoms with van der Waals surface area (Å²) < 4.78 is 13.2. The number of likely N-dealkylation sites (N-methyl/N-ethyl adjacent to an activating group) is 1. The molecule has 0 bridgehead atoms. The van der Waals surface area contributed by atoms with Gasteiger partial charge in [-0.15, -0.1) is 0 Å². The third-order valence-corrected chi connectivity index (χ3v) is 5.32. The van der Waals surface area contributed by atoms with Gasteiger partial charge in [-0.05, 0) is 37.5 Å². The van der Waals surface area contributed by atoms with Crippen LogP contribution in [0.2, 0.25) is 0 Å². The second-order valence-corrected chi connectivity index (χ2v) is 7.51. The van der Waals surface area contributed by atoms with Crippen LogP contribution in [0.15, 0.2) is 24.3 Å². The van der Waals surface area contributed by atoms with Gasteiger partial charge in [-0.2, -0.15) is 0 Å². The molecule has 1 heterocycles. The number of amides is 2. The highest BCUT2D eigenvalue weighted by molar-refractivity contribution is 5.79. The van der Waals surface area contributed by atoms with Crippen molar-refractivity contribution in [3.63, 3.8) is 0 Å². The van der Waals surface area contributed by atoms with Gasteiger partial charge in [0.2, 0.25) is 11.8 Å². The third-order valence-electron chi connectivity index (χ3n) is 5.32. The van der Waals surface area contributed by atoms with E-state index in [1.54, 1.807) is 12.1 Å². The third kappa shape index (κ3) is 5.76. The maximum absolute atomic E-state index is 13.2. The number of hydrogen-bond donors (Lipinski definition) is 0. The number of carbonyl (C=O) groups is 2. The zero-order chi connectivity index (χ0) is 20.0.